The smallest absolute Gasteiger partial charge is 0.224 e. The number of hydrogen-bond donors (Lipinski definition) is 0. The number of aryl methyl sites for hydroxylation is 1. The summed E-state index contributed by atoms with van der Waals surface area (Å²) < 4.78 is 18.3. The molecule has 0 radical (unpaired) electrons. The first-order chi connectivity index (χ1) is 8.67. The molecule has 5 heteroatoms. The molecular formula is C13H12ClFN2O. The summed E-state index contributed by atoms with van der Waals surface area (Å²) in [7, 11) is 0. The number of hydrogen-bond acceptors (Lipinski definition) is 3. The molecule has 3 nitrogen and oxygen atoms in total. The van der Waals surface area contributed by atoms with Crippen molar-refractivity contribution in [3.8, 4) is 11.6 Å². The van der Waals surface area contributed by atoms with E-state index in [9.17, 15) is 4.39 Å². The zero-order valence-corrected chi connectivity index (χ0v) is 10.6. The van der Waals surface area contributed by atoms with E-state index in [0.717, 1.165) is 12.8 Å². The van der Waals surface area contributed by atoms with Gasteiger partial charge in [0.05, 0.1) is 0 Å². The predicted molar refractivity (Wildman–Crippen MR) is 67.5 cm³/mol. The van der Waals surface area contributed by atoms with Gasteiger partial charge < -0.3 is 4.74 Å². The van der Waals surface area contributed by atoms with Crippen molar-refractivity contribution in [2.45, 2.75) is 19.8 Å². The summed E-state index contributed by atoms with van der Waals surface area (Å²) in [6.07, 6.45) is 1.66. The third-order valence-corrected chi connectivity index (χ3v) is 2.42. The van der Waals surface area contributed by atoms with E-state index >= 15 is 0 Å². The molecule has 18 heavy (non-hydrogen) atoms. The highest BCUT2D eigenvalue weighted by Gasteiger charge is 2.05. The number of rotatable bonds is 4. The molecule has 1 aromatic carbocycles. The monoisotopic (exact) mass is 266 g/mol. The maximum Gasteiger partial charge on any atom is 0.224 e. The number of halogens is 2. The molecule has 0 aliphatic rings. The van der Waals surface area contributed by atoms with Crippen molar-refractivity contribution < 1.29 is 9.13 Å². The highest BCUT2D eigenvalue weighted by molar-refractivity contribution is 6.29. The Morgan fingerprint density at radius 2 is 1.94 bits per heavy atom. The Labute approximate surface area is 110 Å². The van der Waals surface area contributed by atoms with Crippen LogP contribution in [-0.2, 0) is 6.42 Å². The van der Waals surface area contributed by atoms with Crippen LogP contribution in [-0.4, -0.2) is 9.97 Å². The van der Waals surface area contributed by atoms with E-state index in [1.807, 2.05) is 6.92 Å². The Hall–Kier alpha value is -1.68. The first-order valence-electron chi connectivity index (χ1n) is 5.64. The van der Waals surface area contributed by atoms with Crippen LogP contribution in [0.1, 0.15) is 19.2 Å². The molecule has 0 saturated carbocycles. The van der Waals surface area contributed by atoms with Crippen LogP contribution in [0.4, 0.5) is 4.39 Å². The normalized spacial score (nSPS) is 10.4. The van der Waals surface area contributed by atoms with Crippen molar-refractivity contribution in [3.63, 3.8) is 0 Å². The predicted octanol–water partition coefficient (Wildman–Crippen LogP) is 4.01. The lowest BCUT2D eigenvalue weighted by Crippen LogP contribution is -1.97. The van der Waals surface area contributed by atoms with Crippen LogP contribution in [0.2, 0.25) is 5.15 Å². The molecule has 0 bridgehead atoms. The lowest BCUT2D eigenvalue weighted by molar-refractivity contribution is 0.456. The van der Waals surface area contributed by atoms with Crippen LogP contribution in [0.5, 0.6) is 11.6 Å². The van der Waals surface area contributed by atoms with Crippen LogP contribution in [0.15, 0.2) is 30.3 Å². The van der Waals surface area contributed by atoms with Gasteiger partial charge in [0.15, 0.2) is 0 Å². The molecule has 0 aliphatic carbocycles. The van der Waals surface area contributed by atoms with Crippen molar-refractivity contribution in [1.82, 2.24) is 9.97 Å². The van der Waals surface area contributed by atoms with Crippen LogP contribution in [0, 0.1) is 5.82 Å². The fourth-order valence-electron chi connectivity index (χ4n) is 1.45. The van der Waals surface area contributed by atoms with Crippen molar-refractivity contribution in [2.75, 3.05) is 0 Å². The summed E-state index contributed by atoms with van der Waals surface area (Å²) in [6.45, 7) is 2.03. The third kappa shape index (κ3) is 3.40. The van der Waals surface area contributed by atoms with Crippen LogP contribution in [0.25, 0.3) is 0 Å². The molecule has 2 rings (SSSR count). The van der Waals surface area contributed by atoms with Crippen molar-refractivity contribution in [3.05, 3.63) is 47.1 Å². The summed E-state index contributed by atoms with van der Waals surface area (Å²) in [5, 5.41) is 0.338. The zero-order chi connectivity index (χ0) is 13.0. The summed E-state index contributed by atoms with van der Waals surface area (Å²) >= 11 is 5.89. The van der Waals surface area contributed by atoms with E-state index in [4.69, 9.17) is 16.3 Å². The van der Waals surface area contributed by atoms with Crippen LogP contribution in [0.3, 0.4) is 0 Å². The molecule has 0 spiro atoms. The minimum atomic E-state index is -0.310. The van der Waals surface area contributed by atoms with E-state index in [1.165, 1.54) is 30.3 Å². The Balaban J connectivity index is 2.20. The van der Waals surface area contributed by atoms with Gasteiger partial charge in [0.1, 0.15) is 22.5 Å². The first-order valence-corrected chi connectivity index (χ1v) is 6.02. The van der Waals surface area contributed by atoms with E-state index in [2.05, 4.69) is 9.97 Å². The maximum absolute atomic E-state index is 12.8. The fraction of sp³-hybridized carbons (Fsp3) is 0.231. The number of ether oxygens (including phenoxy) is 1. The topological polar surface area (TPSA) is 35.0 Å². The Morgan fingerprint density at radius 3 is 2.61 bits per heavy atom. The summed E-state index contributed by atoms with van der Waals surface area (Å²) in [5.41, 5.74) is 0. The van der Waals surface area contributed by atoms with E-state index < -0.39 is 0 Å². The molecule has 2 aromatic rings. The van der Waals surface area contributed by atoms with Crippen LogP contribution < -0.4 is 4.74 Å². The molecule has 0 fully saturated rings. The number of benzene rings is 1. The van der Waals surface area contributed by atoms with Crippen LogP contribution >= 0.6 is 11.6 Å². The van der Waals surface area contributed by atoms with Gasteiger partial charge in [-0.25, -0.2) is 9.37 Å². The second-order valence-corrected chi connectivity index (χ2v) is 4.14. The molecule has 94 valence electrons. The molecular weight excluding hydrogens is 255 g/mol. The van der Waals surface area contributed by atoms with Gasteiger partial charge in [-0.3, -0.25) is 0 Å². The van der Waals surface area contributed by atoms with E-state index in [-0.39, 0.29) is 5.82 Å². The fourth-order valence-corrected chi connectivity index (χ4v) is 1.64. The SMILES string of the molecule is CCCc1nc(Cl)cc(Oc2ccc(F)cc2)n1. The number of nitrogens with zero attached hydrogens (tertiary/aromatic N) is 2. The quantitative estimate of drug-likeness (QED) is 0.784. The summed E-state index contributed by atoms with van der Waals surface area (Å²) in [5.74, 6) is 1.20. The molecule has 0 atom stereocenters. The van der Waals surface area contributed by atoms with Gasteiger partial charge in [-0.2, -0.15) is 4.98 Å². The summed E-state index contributed by atoms with van der Waals surface area (Å²) in [4.78, 5) is 8.32. The molecule has 0 saturated heterocycles. The Kier molecular flexibility index (Phi) is 4.10. The van der Waals surface area contributed by atoms with E-state index in [1.54, 1.807) is 0 Å². The molecule has 0 N–H and O–H groups in total. The minimum absolute atomic E-state index is 0.310. The average Bonchev–Trinajstić information content (AvgIpc) is 2.32. The van der Waals surface area contributed by atoms with Crippen molar-refractivity contribution >= 4 is 11.6 Å². The number of aromatic nitrogens is 2. The molecule has 0 unspecified atom stereocenters. The second-order valence-electron chi connectivity index (χ2n) is 3.75. The van der Waals surface area contributed by atoms with Gasteiger partial charge in [-0.05, 0) is 30.7 Å². The minimum Gasteiger partial charge on any atom is -0.439 e. The van der Waals surface area contributed by atoms with Crippen molar-refractivity contribution in [2.24, 2.45) is 0 Å². The molecule has 0 aliphatic heterocycles. The molecule has 1 aromatic heterocycles. The Bertz CT molecular complexity index is 531. The standard InChI is InChI=1S/C13H12ClFN2O/c1-2-3-12-16-11(14)8-13(17-12)18-10-6-4-9(15)5-7-10/h4-8H,2-3H2,1H3. The highest BCUT2D eigenvalue weighted by atomic mass is 35.5. The first kappa shape index (κ1) is 12.8. The average molecular weight is 267 g/mol. The van der Waals surface area contributed by atoms with Gasteiger partial charge in [0, 0.05) is 12.5 Å². The Morgan fingerprint density at radius 1 is 1.22 bits per heavy atom. The lowest BCUT2D eigenvalue weighted by Gasteiger charge is -2.06. The molecule has 1 heterocycles. The zero-order valence-electron chi connectivity index (χ0n) is 9.86. The van der Waals surface area contributed by atoms with Gasteiger partial charge in [-0.1, -0.05) is 18.5 Å². The lowest BCUT2D eigenvalue weighted by atomic mass is 10.3. The molecule has 0 amide bonds. The second kappa shape index (κ2) is 5.78. The third-order valence-electron chi connectivity index (χ3n) is 2.23. The highest BCUT2D eigenvalue weighted by Crippen LogP contribution is 2.22. The van der Waals surface area contributed by atoms with Gasteiger partial charge in [0.25, 0.3) is 0 Å². The summed E-state index contributed by atoms with van der Waals surface area (Å²) in [6, 6.07) is 7.25. The van der Waals surface area contributed by atoms with Gasteiger partial charge in [0.2, 0.25) is 5.88 Å². The van der Waals surface area contributed by atoms with E-state index in [0.29, 0.717) is 22.6 Å². The maximum atomic E-state index is 12.8. The van der Waals surface area contributed by atoms with Gasteiger partial charge >= 0.3 is 0 Å². The largest absolute Gasteiger partial charge is 0.439 e. The van der Waals surface area contributed by atoms with Crippen molar-refractivity contribution in [1.29, 1.82) is 0 Å². The van der Waals surface area contributed by atoms with Gasteiger partial charge in [-0.15, -0.1) is 0 Å².